The molecule has 0 unspecified atom stereocenters. The van der Waals surface area contributed by atoms with Gasteiger partial charge in [0.2, 0.25) is 0 Å². The lowest BCUT2D eigenvalue weighted by atomic mass is 9.94. The molecule has 0 saturated heterocycles. The van der Waals surface area contributed by atoms with E-state index in [1.165, 1.54) is 22.3 Å². The summed E-state index contributed by atoms with van der Waals surface area (Å²) >= 11 is 6.27. The molecule has 1 aliphatic rings. The van der Waals surface area contributed by atoms with Gasteiger partial charge in [0.1, 0.15) is 0 Å². The average Bonchev–Trinajstić information content (AvgIpc) is 2.48. The summed E-state index contributed by atoms with van der Waals surface area (Å²) in [6.45, 7) is 0. The second-order valence-electron chi connectivity index (χ2n) is 4.75. The largest absolute Gasteiger partial charge is 0.0843 e. The van der Waals surface area contributed by atoms with E-state index in [0.29, 0.717) is 0 Å². The van der Waals surface area contributed by atoms with Gasteiger partial charge in [0, 0.05) is 5.02 Å². The van der Waals surface area contributed by atoms with Gasteiger partial charge in [-0.05, 0) is 53.3 Å². The molecule has 0 nitrogen and oxygen atoms in total. The summed E-state index contributed by atoms with van der Waals surface area (Å²) < 4.78 is 0. The van der Waals surface area contributed by atoms with E-state index in [9.17, 15) is 0 Å². The van der Waals surface area contributed by atoms with Crippen molar-refractivity contribution in [3.63, 3.8) is 0 Å². The molecule has 1 aliphatic carbocycles. The van der Waals surface area contributed by atoms with Crippen molar-refractivity contribution < 1.29 is 0 Å². The Morgan fingerprint density at radius 3 is 2.37 bits per heavy atom. The lowest BCUT2D eigenvalue weighted by Gasteiger charge is -2.12. The Morgan fingerprint density at radius 2 is 1.63 bits per heavy atom. The molecule has 0 atom stereocenters. The van der Waals surface area contributed by atoms with E-state index in [1.807, 2.05) is 12.1 Å². The number of hydrogen-bond donors (Lipinski definition) is 0. The van der Waals surface area contributed by atoms with Gasteiger partial charge in [-0.25, -0.2) is 0 Å². The topological polar surface area (TPSA) is 0 Å². The summed E-state index contributed by atoms with van der Waals surface area (Å²) in [7, 11) is 0. The highest BCUT2D eigenvalue weighted by molar-refractivity contribution is 6.31. The molecule has 0 spiro atoms. The van der Waals surface area contributed by atoms with Gasteiger partial charge in [0.25, 0.3) is 0 Å². The van der Waals surface area contributed by atoms with Crippen molar-refractivity contribution >= 4 is 17.2 Å². The molecule has 94 valence electrons. The molecular weight excluding hydrogens is 252 g/mol. The van der Waals surface area contributed by atoms with Crippen LogP contribution in [-0.4, -0.2) is 0 Å². The first kappa shape index (κ1) is 12.3. The van der Waals surface area contributed by atoms with Crippen LogP contribution in [0.2, 0.25) is 5.02 Å². The van der Waals surface area contributed by atoms with Gasteiger partial charge < -0.3 is 0 Å². The third kappa shape index (κ3) is 2.80. The molecule has 0 aromatic heterocycles. The average molecular weight is 267 g/mol. The van der Waals surface area contributed by atoms with E-state index in [1.54, 1.807) is 0 Å². The van der Waals surface area contributed by atoms with Gasteiger partial charge in [-0.15, -0.1) is 0 Å². The van der Waals surface area contributed by atoms with Gasteiger partial charge in [0.15, 0.2) is 0 Å². The number of benzene rings is 2. The van der Waals surface area contributed by atoms with Crippen LogP contribution in [0.15, 0.2) is 66.8 Å². The summed E-state index contributed by atoms with van der Waals surface area (Å²) in [6, 6.07) is 16.7. The quantitative estimate of drug-likeness (QED) is 0.650. The molecule has 2 aromatic carbocycles. The second-order valence-corrected chi connectivity index (χ2v) is 5.19. The van der Waals surface area contributed by atoms with Crippen molar-refractivity contribution in [2.75, 3.05) is 0 Å². The zero-order valence-electron chi connectivity index (χ0n) is 10.6. The summed E-state index contributed by atoms with van der Waals surface area (Å²) in [6.07, 6.45) is 8.71. The fraction of sp³-hybridized carbons (Fsp3) is 0.111. The van der Waals surface area contributed by atoms with Gasteiger partial charge in [0.05, 0.1) is 0 Å². The van der Waals surface area contributed by atoms with Crippen LogP contribution >= 0.6 is 11.6 Å². The molecule has 1 heteroatoms. The van der Waals surface area contributed by atoms with Crippen molar-refractivity contribution in [1.29, 1.82) is 0 Å². The lowest BCUT2D eigenvalue weighted by molar-refractivity contribution is 1.05. The van der Waals surface area contributed by atoms with Crippen molar-refractivity contribution in [1.82, 2.24) is 0 Å². The van der Waals surface area contributed by atoms with E-state index in [4.69, 9.17) is 11.6 Å². The standard InChI is InChI=1S/C18H15Cl/c19-18-12-16(14-7-3-1-4-8-14)11-17(13-18)15-9-5-2-6-10-15/h1-5,7-9,11-13H,6,10H2. The molecule has 2 aromatic rings. The highest BCUT2D eigenvalue weighted by Crippen LogP contribution is 2.31. The van der Waals surface area contributed by atoms with E-state index in [-0.39, 0.29) is 0 Å². The Balaban J connectivity index is 2.06. The molecular formula is C18H15Cl. The zero-order chi connectivity index (χ0) is 13.1. The first-order chi connectivity index (χ1) is 9.33. The highest BCUT2D eigenvalue weighted by Gasteiger charge is 2.07. The smallest absolute Gasteiger partial charge is 0.0418 e. The molecule has 19 heavy (non-hydrogen) atoms. The second kappa shape index (κ2) is 5.46. The first-order valence-corrected chi connectivity index (χ1v) is 6.93. The minimum Gasteiger partial charge on any atom is -0.0843 e. The van der Waals surface area contributed by atoms with Crippen LogP contribution in [0, 0.1) is 0 Å². The van der Waals surface area contributed by atoms with Crippen molar-refractivity contribution in [2.24, 2.45) is 0 Å². The maximum Gasteiger partial charge on any atom is 0.0418 e. The SMILES string of the molecule is Clc1cc(C2=CC=CCC2)cc(-c2ccccc2)c1. The van der Waals surface area contributed by atoms with Gasteiger partial charge in [-0.1, -0.05) is 60.2 Å². The minimum absolute atomic E-state index is 0.798. The van der Waals surface area contributed by atoms with Crippen LogP contribution in [0.3, 0.4) is 0 Å². The van der Waals surface area contributed by atoms with Crippen molar-refractivity contribution in [3.8, 4) is 11.1 Å². The van der Waals surface area contributed by atoms with Crippen LogP contribution in [0.25, 0.3) is 16.7 Å². The van der Waals surface area contributed by atoms with Crippen molar-refractivity contribution in [2.45, 2.75) is 12.8 Å². The number of halogens is 1. The molecule has 0 bridgehead atoms. The predicted molar refractivity (Wildman–Crippen MR) is 83.2 cm³/mol. The van der Waals surface area contributed by atoms with E-state index >= 15 is 0 Å². The van der Waals surface area contributed by atoms with Crippen LogP contribution in [0.1, 0.15) is 18.4 Å². The van der Waals surface area contributed by atoms with E-state index in [0.717, 1.165) is 17.9 Å². The molecule has 3 rings (SSSR count). The fourth-order valence-electron chi connectivity index (χ4n) is 2.42. The number of hydrogen-bond acceptors (Lipinski definition) is 0. The molecule has 0 aliphatic heterocycles. The Morgan fingerprint density at radius 1 is 0.842 bits per heavy atom. The molecule has 0 fully saturated rings. The van der Waals surface area contributed by atoms with Gasteiger partial charge in [-0.3, -0.25) is 0 Å². The van der Waals surface area contributed by atoms with Crippen LogP contribution in [0.5, 0.6) is 0 Å². The monoisotopic (exact) mass is 266 g/mol. The molecule has 0 amide bonds. The Labute approximate surface area is 119 Å². The number of rotatable bonds is 2. The predicted octanol–water partition coefficient (Wildman–Crippen LogP) is 5.74. The summed E-state index contributed by atoms with van der Waals surface area (Å²) in [5.41, 5.74) is 4.98. The lowest BCUT2D eigenvalue weighted by Crippen LogP contribution is -1.89. The van der Waals surface area contributed by atoms with Gasteiger partial charge in [-0.2, -0.15) is 0 Å². The minimum atomic E-state index is 0.798. The normalized spacial score (nSPS) is 14.3. The third-order valence-corrected chi connectivity index (χ3v) is 3.61. The summed E-state index contributed by atoms with van der Waals surface area (Å²) in [5.74, 6) is 0. The maximum atomic E-state index is 6.27. The van der Waals surface area contributed by atoms with E-state index < -0.39 is 0 Å². The Hall–Kier alpha value is -1.79. The van der Waals surface area contributed by atoms with Crippen LogP contribution < -0.4 is 0 Å². The summed E-state index contributed by atoms with van der Waals surface area (Å²) in [5, 5.41) is 0.798. The molecule has 0 heterocycles. The summed E-state index contributed by atoms with van der Waals surface area (Å²) in [4.78, 5) is 0. The third-order valence-electron chi connectivity index (χ3n) is 3.39. The fourth-order valence-corrected chi connectivity index (χ4v) is 2.65. The molecule has 0 saturated carbocycles. The van der Waals surface area contributed by atoms with Crippen LogP contribution in [-0.2, 0) is 0 Å². The first-order valence-electron chi connectivity index (χ1n) is 6.55. The Kier molecular flexibility index (Phi) is 3.52. The zero-order valence-corrected chi connectivity index (χ0v) is 11.4. The maximum absolute atomic E-state index is 6.27. The highest BCUT2D eigenvalue weighted by atomic mass is 35.5. The van der Waals surface area contributed by atoms with Gasteiger partial charge >= 0.3 is 0 Å². The number of allylic oxidation sites excluding steroid dienone is 4. The molecule has 0 N–H and O–H groups in total. The molecule has 0 radical (unpaired) electrons. The van der Waals surface area contributed by atoms with Crippen LogP contribution in [0.4, 0.5) is 0 Å². The van der Waals surface area contributed by atoms with Crippen molar-refractivity contribution in [3.05, 3.63) is 77.3 Å². The Bertz CT molecular complexity index is 636. The van der Waals surface area contributed by atoms with E-state index in [2.05, 4.69) is 54.6 Å².